The van der Waals surface area contributed by atoms with Crippen molar-refractivity contribution in [1.29, 1.82) is 0 Å². The Labute approximate surface area is 142 Å². The molecule has 0 saturated carbocycles. The summed E-state index contributed by atoms with van der Waals surface area (Å²) in [6, 6.07) is 0. The van der Waals surface area contributed by atoms with E-state index in [1.54, 1.807) is 0 Å². The van der Waals surface area contributed by atoms with Crippen LogP contribution in [0.4, 0.5) is 0 Å². The average Bonchev–Trinajstić information content (AvgIpc) is 2.42. The van der Waals surface area contributed by atoms with E-state index < -0.39 is 0 Å². The van der Waals surface area contributed by atoms with Gasteiger partial charge in [-0.3, -0.25) is 0 Å². The Hall–Kier alpha value is -0.0400. The third-order valence-corrected chi connectivity index (χ3v) is 4.31. The summed E-state index contributed by atoms with van der Waals surface area (Å²) < 4.78 is 0. The summed E-state index contributed by atoms with van der Waals surface area (Å²) in [7, 11) is 0. The summed E-state index contributed by atoms with van der Waals surface area (Å²) in [6.45, 7) is 9.20. The van der Waals surface area contributed by atoms with Crippen molar-refractivity contribution in [1.82, 2.24) is 6.15 Å². The molecule has 0 aromatic heterocycles. The number of unbranched alkanes of at least 4 members (excludes halogenated alkanes) is 14. The van der Waals surface area contributed by atoms with E-state index in [1.165, 1.54) is 96.3 Å². The monoisotopic (exact) mass is 312 g/mol. The molecule has 0 atom stereocenters. The van der Waals surface area contributed by atoms with Crippen molar-refractivity contribution in [2.45, 2.75) is 124 Å². The highest BCUT2D eigenvalue weighted by Crippen LogP contribution is 2.21. The smallest absolute Gasteiger partial charge is 0.0332 e. The van der Waals surface area contributed by atoms with Gasteiger partial charge in [0.1, 0.15) is 0 Å². The van der Waals surface area contributed by atoms with Gasteiger partial charge in [0.25, 0.3) is 0 Å². The maximum absolute atomic E-state index is 2.48. The molecule has 3 N–H and O–H groups in total. The van der Waals surface area contributed by atoms with Gasteiger partial charge in [-0.2, -0.15) is 0 Å². The van der Waals surface area contributed by atoms with Crippen LogP contribution in [0, 0.1) is 11.8 Å². The van der Waals surface area contributed by atoms with E-state index in [1.807, 2.05) is 0 Å². The van der Waals surface area contributed by atoms with Crippen LogP contribution in [0.15, 0.2) is 0 Å². The van der Waals surface area contributed by atoms with Crippen molar-refractivity contribution < 1.29 is 0 Å². The second kappa shape index (κ2) is 17.3. The predicted molar refractivity (Wildman–Crippen MR) is 104 cm³/mol. The topological polar surface area (TPSA) is 35.0 Å². The SMILES string of the molecule is CCCCCCCCCCCCCCCC[CH]C(C)(C)C.N. The van der Waals surface area contributed by atoms with Gasteiger partial charge in [0.2, 0.25) is 0 Å². The molecule has 0 fully saturated rings. The minimum absolute atomic E-state index is 0. The number of hydrogen-bond donors (Lipinski definition) is 1. The zero-order valence-electron chi connectivity index (χ0n) is 16.4. The van der Waals surface area contributed by atoms with Crippen molar-refractivity contribution in [3.63, 3.8) is 0 Å². The molecule has 0 aromatic rings. The Bertz CT molecular complexity index is 193. The number of hydrogen-bond acceptors (Lipinski definition) is 1. The standard InChI is InChI=1S/C21H43.H3N/c1-5-6-7-8-9-10-11-12-13-14-15-16-17-18-19-20-21(2,3)4;/h20H,5-19H2,1-4H3;1H3. The Morgan fingerprint density at radius 3 is 1.18 bits per heavy atom. The van der Waals surface area contributed by atoms with Gasteiger partial charge < -0.3 is 6.15 Å². The molecule has 0 saturated heterocycles. The second-order valence-corrected chi connectivity index (χ2v) is 7.96. The lowest BCUT2D eigenvalue weighted by molar-refractivity contribution is 0.460. The molecule has 1 nitrogen and oxygen atoms in total. The summed E-state index contributed by atoms with van der Waals surface area (Å²) in [6.07, 6.45) is 24.1. The van der Waals surface area contributed by atoms with E-state index in [2.05, 4.69) is 34.1 Å². The molecule has 22 heavy (non-hydrogen) atoms. The largest absolute Gasteiger partial charge is 0.344 e. The minimum Gasteiger partial charge on any atom is -0.344 e. The summed E-state index contributed by atoms with van der Waals surface area (Å²) in [5, 5.41) is 0. The highest BCUT2D eigenvalue weighted by Gasteiger charge is 2.08. The maximum Gasteiger partial charge on any atom is -0.0332 e. The van der Waals surface area contributed by atoms with Gasteiger partial charge in [0, 0.05) is 0 Å². The van der Waals surface area contributed by atoms with Gasteiger partial charge in [-0.25, -0.2) is 0 Å². The zero-order chi connectivity index (χ0) is 15.8. The van der Waals surface area contributed by atoms with E-state index in [0.717, 1.165) is 0 Å². The van der Waals surface area contributed by atoms with E-state index in [0.29, 0.717) is 5.41 Å². The van der Waals surface area contributed by atoms with Gasteiger partial charge in [0.05, 0.1) is 0 Å². The first-order valence-electron chi connectivity index (χ1n) is 9.90. The van der Waals surface area contributed by atoms with Crippen molar-refractivity contribution >= 4 is 0 Å². The van der Waals surface area contributed by atoms with Gasteiger partial charge in [-0.05, 0) is 18.3 Å². The summed E-state index contributed by atoms with van der Waals surface area (Å²) in [4.78, 5) is 0. The van der Waals surface area contributed by atoms with Crippen LogP contribution in [-0.4, -0.2) is 0 Å². The Kier molecular flexibility index (Phi) is 19.1. The quantitative estimate of drug-likeness (QED) is 0.303. The maximum atomic E-state index is 2.48. The van der Waals surface area contributed by atoms with E-state index in [-0.39, 0.29) is 6.15 Å². The van der Waals surface area contributed by atoms with Crippen LogP contribution >= 0.6 is 0 Å². The van der Waals surface area contributed by atoms with Crippen LogP contribution < -0.4 is 6.15 Å². The molecule has 0 rings (SSSR count). The van der Waals surface area contributed by atoms with Gasteiger partial charge >= 0.3 is 0 Å². The molecule has 135 valence electrons. The van der Waals surface area contributed by atoms with Crippen LogP contribution in [0.2, 0.25) is 0 Å². The fourth-order valence-corrected chi connectivity index (χ4v) is 2.87. The van der Waals surface area contributed by atoms with Gasteiger partial charge in [0.15, 0.2) is 0 Å². The molecular weight excluding hydrogens is 266 g/mol. The van der Waals surface area contributed by atoms with E-state index in [9.17, 15) is 0 Å². The van der Waals surface area contributed by atoms with Crippen molar-refractivity contribution in [3.8, 4) is 0 Å². The van der Waals surface area contributed by atoms with Gasteiger partial charge in [-0.15, -0.1) is 0 Å². The lowest BCUT2D eigenvalue weighted by Gasteiger charge is -2.16. The van der Waals surface area contributed by atoms with Crippen LogP contribution in [0.25, 0.3) is 0 Å². The molecule has 1 radical (unpaired) electrons. The predicted octanol–water partition coefficient (Wildman–Crippen LogP) is 8.27. The Morgan fingerprint density at radius 1 is 0.545 bits per heavy atom. The molecule has 0 heterocycles. The summed E-state index contributed by atoms with van der Waals surface area (Å²) in [5.74, 6) is 0. The first-order chi connectivity index (χ1) is 10.1. The van der Waals surface area contributed by atoms with Crippen LogP contribution in [0.5, 0.6) is 0 Å². The lowest BCUT2D eigenvalue weighted by Crippen LogP contribution is -2.04. The van der Waals surface area contributed by atoms with Crippen molar-refractivity contribution in [3.05, 3.63) is 6.42 Å². The molecule has 1 heteroatoms. The van der Waals surface area contributed by atoms with Crippen LogP contribution in [0.1, 0.15) is 124 Å². The Balaban J connectivity index is 0. The number of rotatable bonds is 15. The highest BCUT2D eigenvalue weighted by molar-refractivity contribution is 4.79. The molecule has 0 unspecified atom stereocenters. The summed E-state index contributed by atoms with van der Waals surface area (Å²) >= 11 is 0. The molecule has 0 aromatic carbocycles. The summed E-state index contributed by atoms with van der Waals surface area (Å²) in [5.41, 5.74) is 0.413. The average molecular weight is 313 g/mol. The minimum atomic E-state index is 0. The third-order valence-electron chi connectivity index (χ3n) is 4.31. The first kappa shape index (κ1) is 24.2. The molecule has 0 bridgehead atoms. The fraction of sp³-hybridized carbons (Fsp3) is 0.952. The normalized spacial score (nSPS) is 11.5. The second-order valence-electron chi connectivity index (χ2n) is 7.96. The molecule has 0 aliphatic rings. The molecular formula is C21H46N. The highest BCUT2D eigenvalue weighted by atomic mass is 14.1. The molecule has 0 aliphatic carbocycles. The fourth-order valence-electron chi connectivity index (χ4n) is 2.87. The van der Waals surface area contributed by atoms with E-state index in [4.69, 9.17) is 0 Å². The van der Waals surface area contributed by atoms with Crippen molar-refractivity contribution in [2.75, 3.05) is 0 Å². The zero-order valence-corrected chi connectivity index (χ0v) is 16.4. The molecule has 0 amide bonds. The molecule has 0 aliphatic heterocycles. The lowest BCUT2D eigenvalue weighted by atomic mass is 9.89. The van der Waals surface area contributed by atoms with Crippen LogP contribution in [0.3, 0.4) is 0 Å². The van der Waals surface area contributed by atoms with Crippen molar-refractivity contribution in [2.24, 2.45) is 5.41 Å². The molecule has 0 spiro atoms. The third kappa shape index (κ3) is 22.2. The first-order valence-corrected chi connectivity index (χ1v) is 9.90. The van der Waals surface area contributed by atoms with Crippen LogP contribution in [-0.2, 0) is 0 Å². The van der Waals surface area contributed by atoms with Gasteiger partial charge in [-0.1, -0.05) is 118 Å². The Morgan fingerprint density at radius 2 is 0.864 bits per heavy atom. The van der Waals surface area contributed by atoms with E-state index >= 15 is 0 Å².